The van der Waals surface area contributed by atoms with Crippen LogP contribution in [0.3, 0.4) is 0 Å². The maximum absolute atomic E-state index is 12.9. The molecule has 252 valence electrons. The third kappa shape index (κ3) is 16.5. The predicted octanol–water partition coefficient (Wildman–Crippen LogP) is 4.62. The lowest BCUT2D eigenvalue weighted by atomic mass is 10.4. The van der Waals surface area contributed by atoms with Gasteiger partial charge in [-0.2, -0.15) is 0 Å². The zero-order valence-corrected chi connectivity index (χ0v) is 27.9. The number of hydrogen-bond donors (Lipinski definition) is 2. The van der Waals surface area contributed by atoms with Crippen LogP contribution in [0.15, 0.2) is 85.0 Å². The summed E-state index contributed by atoms with van der Waals surface area (Å²) in [6.45, 7) is 10.5. The average molecular weight is 681 g/mol. The molecule has 0 aliphatic heterocycles. The number of carboxylic acid groups (broad SMARTS) is 1. The third-order valence-corrected chi connectivity index (χ3v) is 10.3. The standard InChI is InChI=1S/2C16H21O6P/c1-13(2)16(18)22-11-6-10-21-15(17)9-12-23(19,20)14-7-4-3-5-8-14;1-13(2)16(19)21-10-6-11-22-23(20,12-9-15(17)18)14-7-4-3-5-8-14/h3-5,7-8H,1,6,9-12H2,2H3,(H,19,20);3-5,7-8H,1,6,9-12H2,2H3,(H,17,18). The van der Waals surface area contributed by atoms with Crippen LogP contribution in [-0.2, 0) is 47.0 Å². The molecule has 0 saturated heterocycles. The third-order valence-electron chi connectivity index (χ3n) is 5.85. The molecular formula is C32H42O12P2. The maximum atomic E-state index is 12.9. The van der Waals surface area contributed by atoms with E-state index in [4.69, 9.17) is 23.8 Å². The summed E-state index contributed by atoms with van der Waals surface area (Å²) in [5, 5.41) is 9.61. The van der Waals surface area contributed by atoms with Crippen LogP contribution in [0.1, 0.15) is 39.5 Å². The fraction of sp³-hybridized carbons (Fsp3) is 0.375. The van der Waals surface area contributed by atoms with Crippen LogP contribution in [0.5, 0.6) is 0 Å². The second kappa shape index (κ2) is 21.1. The van der Waals surface area contributed by atoms with Gasteiger partial charge in [0.2, 0.25) is 14.7 Å². The summed E-state index contributed by atoms with van der Waals surface area (Å²) < 4.78 is 45.2. The van der Waals surface area contributed by atoms with Crippen LogP contribution in [0.2, 0.25) is 0 Å². The van der Waals surface area contributed by atoms with Crippen molar-refractivity contribution >= 4 is 49.2 Å². The van der Waals surface area contributed by atoms with Gasteiger partial charge in [-0.3, -0.25) is 18.7 Å². The molecule has 0 amide bonds. The van der Waals surface area contributed by atoms with E-state index in [0.29, 0.717) is 34.6 Å². The molecule has 0 saturated carbocycles. The van der Waals surface area contributed by atoms with Crippen LogP contribution in [0, 0.1) is 0 Å². The summed E-state index contributed by atoms with van der Waals surface area (Å²) in [4.78, 5) is 54.6. The van der Waals surface area contributed by atoms with Gasteiger partial charge in [0.25, 0.3) is 0 Å². The zero-order valence-electron chi connectivity index (χ0n) is 26.1. The van der Waals surface area contributed by atoms with E-state index in [9.17, 15) is 33.2 Å². The van der Waals surface area contributed by atoms with Gasteiger partial charge in [0.15, 0.2) is 0 Å². The lowest BCUT2D eigenvalue weighted by Gasteiger charge is -2.18. The molecule has 14 heteroatoms. The number of carbonyl (C=O) groups is 4. The van der Waals surface area contributed by atoms with E-state index in [1.165, 1.54) is 0 Å². The SMILES string of the molecule is C=C(C)C(=O)OCCCOC(=O)CCP(=O)(O)c1ccccc1.C=C(C)C(=O)OCCCOP(=O)(CCC(=O)O)c1ccccc1. The number of carboxylic acids is 1. The Kier molecular flexibility index (Phi) is 18.4. The second-order valence-corrected chi connectivity index (χ2v) is 14.9. The Balaban J connectivity index is 0.000000460. The summed E-state index contributed by atoms with van der Waals surface area (Å²) in [7, 11) is -6.80. The van der Waals surface area contributed by atoms with E-state index >= 15 is 0 Å². The summed E-state index contributed by atoms with van der Waals surface area (Å²) >= 11 is 0. The number of hydrogen-bond acceptors (Lipinski definition) is 10. The van der Waals surface area contributed by atoms with Crippen molar-refractivity contribution in [3.63, 3.8) is 0 Å². The predicted molar refractivity (Wildman–Crippen MR) is 174 cm³/mol. The smallest absolute Gasteiger partial charge is 0.333 e. The molecule has 2 rings (SSSR count). The Hall–Kier alpha value is -3.82. The highest BCUT2D eigenvalue weighted by Crippen LogP contribution is 2.46. The van der Waals surface area contributed by atoms with E-state index in [2.05, 4.69) is 13.2 Å². The molecule has 0 aromatic heterocycles. The molecule has 0 bridgehead atoms. The summed E-state index contributed by atoms with van der Waals surface area (Å²) in [5.74, 6) is -2.55. The van der Waals surface area contributed by atoms with Crippen LogP contribution < -0.4 is 10.6 Å². The van der Waals surface area contributed by atoms with Crippen LogP contribution in [0.4, 0.5) is 0 Å². The van der Waals surface area contributed by atoms with Crippen LogP contribution in [0.25, 0.3) is 0 Å². The van der Waals surface area contributed by atoms with Gasteiger partial charge < -0.3 is 28.7 Å². The van der Waals surface area contributed by atoms with Crippen molar-refractivity contribution in [3.05, 3.63) is 85.0 Å². The van der Waals surface area contributed by atoms with Gasteiger partial charge in [-0.15, -0.1) is 0 Å². The largest absolute Gasteiger partial charge is 0.481 e. The van der Waals surface area contributed by atoms with E-state index in [0.717, 1.165) is 0 Å². The number of carbonyl (C=O) groups excluding carboxylic acids is 3. The van der Waals surface area contributed by atoms with Gasteiger partial charge in [0, 0.05) is 46.9 Å². The first-order chi connectivity index (χ1) is 21.7. The van der Waals surface area contributed by atoms with Crippen molar-refractivity contribution in [2.75, 3.05) is 38.8 Å². The van der Waals surface area contributed by atoms with Crippen molar-refractivity contribution in [1.29, 1.82) is 0 Å². The molecular weight excluding hydrogens is 638 g/mol. The number of benzene rings is 2. The Morgan fingerprint density at radius 3 is 1.61 bits per heavy atom. The van der Waals surface area contributed by atoms with Gasteiger partial charge >= 0.3 is 23.9 Å². The second-order valence-electron chi connectivity index (χ2n) is 9.98. The number of rotatable bonds is 19. The molecule has 2 aromatic carbocycles. The average Bonchev–Trinajstić information content (AvgIpc) is 3.03. The van der Waals surface area contributed by atoms with E-state index in [1.807, 2.05) is 0 Å². The van der Waals surface area contributed by atoms with Gasteiger partial charge in [-0.05, 0) is 38.1 Å². The normalized spacial score (nSPS) is 13.0. The molecule has 46 heavy (non-hydrogen) atoms. The Labute approximate surface area is 269 Å². The number of ether oxygens (including phenoxy) is 3. The molecule has 2 aromatic rings. The fourth-order valence-corrected chi connectivity index (χ4v) is 6.82. The molecule has 0 fully saturated rings. The maximum Gasteiger partial charge on any atom is 0.333 e. The highest BCUT2D eigenvalue weighted by atomic mass is 31.2. The van der Waals surface area contributed by atoms with Gasteiger partial charge in [0.1, 0.15) is 0 Å². The van der Waals surface area contributed by atoms with E-state index < -0.39 is 38.6 Å². The van der Waals surface area contributed by atoms with Crippen molar-refractivity contribution in [2.45, 2.75) is 39.5 Å². The Morgan fingerprint density at radius 1 is 0.674 bits per heavy atom. The minimum Gasteiger partial charge on any atom is -0.481 e. The summed E-state index contributed by atoms with van der Waals surface area (Å²) in [6, 6.07) is 16.7. The summed E-state index contributed by atoms with van der Waals surface area (Å²) in [6.07, 6.45) is 0.104. The molecule has 0 spiro atoms. The Bertz CT molecular complexity index is 1410. The minimum atomic E-state index is -3.55. The topological polar surface area (TPSA) is 180 Å². The quantitative estimate of drug-likeness (QED) is 0.0693. The van der Waals surface area contributed by atoms with Crippen molar-refractivity contribution < 1.29 is 57.0 Å². The first-order valence-corrected chi connectivity index (χ1v) is 18.0. The number of esters is 3. The first-order valence-electron chi connectivity index (χ1n) is 14.4. The van der Waals surface area contributed by atoms with E-state index in [1.54, 1.807) is 74.5 Å². The van der Waals surface area contributed by atoms with Crippen molar-refractivity contribution in [2.24, 2.45) is 0 Å². The molecule has 12 nitrogen and oxygen atoms in total. The minimum absolute atomic E-state index is 0.0715. The highest BCUT2D eigenvalue weighted by Gasteiger charge is 2.27. The summed E-state index contributed by atoms with van der Waals surface area (Å²) in [5.41, 5.74) is 0.615. The van der Waals surface area contributed by atoms with Crippen LogP contribution >= 0.6 is 14.7 Å². The molecule has 2 unspecified atom stereocenters. The molecule has 0 aliphatic carbocycles. The first kappa shape index (κ1) is 40.2. The van der Waals surface area contributed by atoms with Gasteiger partial charge in [-0.1, -0.05) is 49.6 Å². The van der Waals surface area contributed by atoms with Crippen LogP contribution in [-0.4, -0.2) is 72.6 Å². The van der Waals surface area contributed by atoms with Crippen molar-refractivity contribution in [3.8, 4) is 0 Å². The lowest BCUT2D eigenvalue weighted by molar-refractivity contribution is -0.144. The molecule has 0 heterocycles. The number of aliphatic carboxylic acids is 1. The fourth-order valence-electron chi connectivity index (χ4n) is 3.36. The molecule has 0 radical (unpaired) electrons. The molecule has 2 atom stereocenters. The van der Waals surface area contributed by atoms with E-state index in [-0.39, 0.29) is 51.6 Å². The van der Waals surface area contributed by atoms with Crippen molar-refractivity contribution in [1.82, 2.24) is 0 Å². The monoisotopic (exact) mass is 680 g/mol. The molecule has 0 aliphatic rings. The lowest BCUT2D eigenvalue weighted by Crippen LogP contribution is -2.14. The van der Waals surface area contributed by atoms with Gasteiger partial charge in [-0.25, -0.2) is 9.59 Å². The Morgan fingerprint density at radius 2 is 1.13 bits per heavy atom. The molecule has 2 N–H and O–H groups in total. The highest BCUT2D eigenvalue weighted by molar-refractivity contribution is 7.67. The van der Waals surface area contributed by atoms with Gasteiger partial charge in [0.05, 0.1) is 39.3 Å². The zero-order chi connectivity index (χ0) is 34.6.